The van der Waals surface area contributed by atoms with Crippen molar-refractivity contribution in [2.24, 2.45) is 0 Å². The van der Waals surface area contributed by atoms with E-state index >= 15 is 0 Å². The highest BCUT2D eigenvalue weighted by Gasteiger charge is 2.10. The van der Waals surface area contributed by atoms with Crippen molar-refractivity contribution in [1.29, 1.82) is 0 Å². The van der Waals surface area contributed by atoms with Crippen LogP contribution in [-0.2, 0) is 13.2 Å². The Kier molecular flexibility index (Phi) is 7.13. The summed E-state index contributed by atoms with van der Waals surface area (Å²) in [5, 5.41) is 14.7. The van der Waals surface area contributed by atoms with E-state index in [1.807, 2.05) is 60.7 Å². The van der Waals surface area contributed by atoms with Gasteiger partial charge in [0.15, 0.2) is 0 Å². The van der Waals surface area contributed by atoms with Gasteiger partial charge in [0.1, 0.15) is 12.4 Å². The van der Waals surface area contributed by atoms with Crippen LogP contribution in [0.3, 0.4) is 0 Å². The van der Waals surface area contributed by atoms with E-state index in [-0.39, 0.29) is 0 Å². The van der Waals surface area contributed by atoms with Crippen molar-refractivity contribution >= 4 is 23.2 Å². The molecule has 0 aromatic heterocycles. The standard InChI is InChI=1S/C22H21Cl2NO2/c23-19-10-6-11-20(24)18(19)15-27-22-12-5-4-9-17(22)13-25-14-21(26)16-7-2-1-3-8-16/h1-12,21,25-26H,13-15H2. The maximum absolute atomic E-state index is 10.3. The maximum atomic E-state index is 10.3. The Balaban J connectivity index is 1.59. The Labute approximate surface area is 169 Å². The monoisotopic (exact) mass is 401 g/mol. The van der Waals surface area contributed by atoms with Crippen LogP contribution in [-0.4, -0.2) is 11.7 Å². The van der Waals surface area contributed by atoms with E-state index in [0.29, 0.717) is 29.7 Å². The summed E-state index contributed by atoms with van der Waals surface area (Å²) in [4.78, 5) is 0. The number of hydrogen-bond acceptors (Lipinski definition) is 3. The van der Waals surface area contributed by atoms with E-state index in [2.05, 4.69) is 5.32 Å². The first kappa shape index (κ1) is 19.7. The summed E-state index contributed by atoms with van der Waals surface area (Å²) in [5.41, 5.74) is 2.66. The maximum Gasteiger partial charge on any atom is 0.124 e. The first-order valence-electron chi connectivity index (χ1n) is 8.72. The van der Waals surface area contributed by atoms with Gasteiger partial charge < -0.3 is 15.2 Å². The number of benzene rings is 3. The lowest BCUT2D eigenvalue weighted by atomic mass is 10.1. The molecule has 0 amide bonds. The zero-order valence-electron chi connectivity index (χ0n) is 14.7. The molecule has 0 aliphatic heterocycles. The molecule has 0 aliphatic rings. The molecular weight excluding hydrogens is 381 g/mol. The van der Waals surface area contributed by atoms with Crippen molar-refractivity contribution in [1.82, 2.24) is 5.32 Å². The van der Waals surface area contributed by atoms with Crippen LogP contribution in [0.2, 0.25) is 10.0 Å². The quantitative estimate of drug-likeness (QED) is 0.531. The smallest absolute Gasteiger partial charge is 0.124 e. The van der Waals surface area contributed by atoms with E-state index in [9.17, 15) is 5.11 Å². The largest absolute Gasteiger partial charge is 0.488 e. The Hall–Kier alpha value is -2.04. The fourth-order valence-corrected chi connectivity index (χ4v) is 3.25. The van der Waals surface area contributed by atoms with Gasteiger partial charge in [-0.2, -0.15) is 0 Å². The Bertz CT molecular complexity index is 851. The van der Waals surface area contributed by atoms with E-state index < -0.39 is 6.10 Å². The number of aliphatic hydroxyl groups is 1. The zero-order chi connectivity index (χ0) is 19.1. The van der Waals surface area contributed by atoms with Crippen LogP contribution in [0.15, 0.2) is 72.8 Å². The van der Waals surface area contributed by atoms with Crippen molar-refractivity contribution in [3.8, 4) is 5.75 Å². The third-order valence-electron chi connectivity index (χ3n) is 4.24. The summed E-state index contributed by atoms with van der Waals surface area (Å²) in [5.74, 6) is 0.759. The molecule has 0 saturated heterocycles. The molecule has 0 bridgehead atoms. The minimum absolute atomic E-state index is 0.294. The fourth-order valence-electron chi connectivity index (χ4n) is 2.75. The van der Waals surface area contributed by atoms with Gasteiger partial charge in [0.05, 0.1) is 6.10 Å². The highest BCUT2D eigenvalue weighted by molar-refractivity contribution is 6.35. The normalized spacial score (nSPS) is 12.0. The van der Waals surface area contributed by atoms with E-state index in [1.165, 1.54) is 0 Å². The zero-order valence-corrected chi connectivity index (χ0v) is 16.3. The number of ether oxygens (including phenoxy) is 1. The predicted octanol–water partition coefficient (Wildman–Crippen LogP) is 5.40. The van der Waals surface area contributed by atoms with Crippen LogP contribution in [0, 0.1) is 0 Å². The van der Waals surface area contributed by atoms with Crippen LogP contribution in [0.1, 0.15) is 22.8 Å². The Morgan fingerprint density at radius 3 is 2.26 bits per heavy atom. The molecule has 3 nitrogen and oxygen atoms in total. The molecule has 3 aromatic rings. The number of aliphatic hydroxyl groups excluding tert-OH is 1. The molecule has 1 unspecified atom stereocenters. The minimum atomic E-state index is -0.554. The lowest BCUT2D eigenvalue weighted by Crippen LogP contribution is -2.21. The van der Waals surface area contributed by atoms with Crippen LogP contribution in [0.25, 0.3) is 0 Å². The molecule has 5 heteroatoms. The molecular formula is C22H21Cl2NO2. The van der Waals surface area contributed by atoms with Crippen molar-refractivity contribution < 1.29 is 9.84 Å². The van der Waals surface area contributed by atoms with Gasteiger partial charge in [-0.25, -0.2) is 0 Å². The molecule has 0 aliphatic carbocycles. The van der Waals surface area contributed by atoms with Gasteiger partial charge in [-0.05, 0) is 23.8 Å². The number of rotatable bonds is 8. The second-order valence-corrected chi connectivity index (χ2v) is 6.97. The van der Waals surface area contributed by atoms with Crippen molar-refractivity contribution in [2.45, 2.75) is 19.3 Å². The van der Waals surface area contributed by atoms with Crippen molar-refractivity contribution in [3.63, 3.8) is 0 Å². The van der Waals surface area contributed by atoms with Crippen molar-refractivity contribution in [3.05, 3.63) is 99.5 Å². The molecule has 0 heterocycles. The summed E-state index contributed by atoms with van der Waals surface area (Å²) < 4.78 is 5.96. The molecule has 0 radical (unpaired) electrons. The summed E-state index contributed by atoms with van der Waals surface area (Å²) >= 11 is 12.4. The third kappa shape index (κ3) is 5.47. The Morgan fingerprint density at radius 1 is 0.852 bits per heavy atom. The Morgan fingerprint density at radius 2 is 1.52 bits per heavy atom. The summed E-state index contributed by atoms with van der Waals surface area (Å²) in [6, 6.07) is 22.8. The third-order valence-corrected chi connectivity index (χ3v) is 4.95. The van der Waals surface area contributed by atoms with Crippen LogP contribution in [0.4, 0.5) is 0 Å². The highest BCUT2D eigenvalue weighted by atomic mass is 35.5. The molecule has 3 aromatic carbocycles. The van der Waals surface area contributed by atoms with Gasteiger partial charge in [-0.1, -0.05) is 77.8 Å². The number of halogens is 2. The van der Waals surface area contributed by atoms with Crippen molar-refractivity contribution in [2.75, 3.05) is 6.54 Å². The van der Waals surface area contributed by atoms with Crippen LogP contribution in [0.5, 0.6) is 5.75 Å². The number of hydrogen-bond donors (Lipinski definition) is 2. The predicted molar refractivity (Wildman–Crippen MR) is 110 cm³/mol. The average molecular weight is 402 g/mol. The molecule has 0 fully saturated rings. The second kappa shape index (κ2) is 9.77. The molecule has 0 saturated carbocycles. The topological polar surface area (TPSA) is 41.5 Å². The lowest BCUT2D eigenvalue weighted by Gasteiger charge is -2.15. The molecule has 140 valence electrons. The minimum Gasteiger partial charge on any atom is -0.488 e. The summed E-state index contributed by atoms with van der Waals surface area (Å²) in [6.07, 6.45) is -0.554. The highest BCUT2D eigenvalue weighted by Crippen LogP contribution is 2.27. The summed E-state index contributed by atoms with van der Waals surface area (Å²) in [6.45, 7) is 1.33. The second-order valence-electron chi connectivity index (χ2n) is 6.15. The molecule has 3 rings (SSSR count). The summed E-state index contributed by atoms with van der Waals surface area (Å²) in [7, 11) is 0. The van der Waals surface area contributed by atoms with Gasteiger partial charge in [0, 0.05) is 34.3 Å². The fraction of sp³-hybridized carbons (Fsp3) is 0.182. The van der Waals surface area contributed by atoms with Gasteiger partial charge in [0.25, 0.3) is 0 Å². The van der Waals surface area contributed by atoms with Crippen LogP contribution < -0.4 is 10.1 Å². The van der Waals surface area contributed by atoms with E-state index in [1.54, 1.807) is 12.1 Å². The first-order valence-corrected chi connectivity index (χ1v) is 9.48. The number of nitrogens with one attached hydrogen (secondary N) is 1. The lowest BCUT2D eigenvalue weighted by molar-refractivity contribution is 0.174. The SMILES string of the molecule is OC(CNCc1ccccc1OCc1c(Cl)cccc1Cl)c1ccccc1. The molecule has 2 N–H and O–H groups in total. The van der Waals surface area contributed by atoms with Crippen LogP contribution >= 0.6 is 23.2 Å². The molecule has 1 atom stereocenters. The van der Waals surface area contributed by atoms with Gasteiger partial charge in [-0.3, -0.25) is 0 Å². The first-order chi connectivity index (χ1) is 13.1. The van der Waals surface area contributed by atoms with E-state index in [0.717, 1.165) is 22.4 Å². The average Bonchev–Trinajstić information content (AvgIpc) is 2.69. The van der Waals surface area contributed by atoms with Gasteiger partial charge in [-0.15, -0.1) is 0 Å². The van der Waals surface area contributed by atoms with Gasteiger partial charge >= 0.3 is 0 Å². The number of para-hydroxylation sites is 1. The molecule has 27 heavy (non-hydrogen) atoms. The van der Waals surface area contributed by atoms with E-state index in [4.69, 9.17) is 27.9 Å². The molecule has 0 spiro atoms. The van der Waals surface area contributed by atoms with Gasteiger partial charge in [0.2, 0.25) is 0 Å².